The highest BCUT2D eigenvalue weighted by Crippen LogP contribution is 2.42. The lowest BCUT2D eigenvalue weighted by Crippen LogP contribution is -2.50. The molecule has 1 aromatic carbocycles. The van der Waals surface area contributed by atoms with Gasteiger partial charge in [-0.1, -0.05) is 30.3 Å². The molecular formula is C18H23NO7. The minimum absolute atomic E-state index is 0.0149. The number of nitrogens with one attached hydrogen (secondary N) is 1. The largest absolute Gasteiger partial charge is 0.480 e. The Bertz CT molecular complexity index is 642. The summed E-state index contributed by atoms with van der Waals surface area (Å²) in [5.74, 6) is -1.79. The molecular weight excluding hydrogens is 342 g/mol. The van der Waals surface area contributed by atoms with Crippen LogP contribution in [0.3, 0.4) is 0 Å². The molecule has 1 amide bonds. The van der Waals surface area contributed by atoms with E-state index in [1.54, 1.807) is 31.2 Å². The van der Waals surface area contributed by atoms with E-state index in [9.17, 15) is 19.5 Å². The van der Waals surface area contributed by atoms with Gasteiger partial charge < -0.3 is 24.6 Å². The van der Waals surface area contributed by atoms with Crippen molar-refractivity contribution in [3.05, 3.63) is 35.9 Å². The number of carbonyl (C=O) groups excluding carboxylic acids is 2. The maximum Gasteiger partial charge on any atom is 0.408 e. The first-order valence-electron chi connectivity index (χ1n) is 8.43. The van der Waals surface area contributed by atoms with E-state index in [0.717, 1.165) is 5.56 Å². The number of ether oxygens (including phenoxy) is 3. The predicted molar refractivity (Wildman–Crippen MR) is 90.3 cm³/mol. The van der Waals surface area contributed by atoms with Crippen molar-refractivity contribution in [3.8, 4) is 0 Å². The fraction of sp³-hybridized carbons (Fsp3) is 0.500. The molecule has 142 valence electrons. The fourth-order valence-electron chi connectivity index (χ4n) is 2.44. The van der Waals surface area contributed by atoms with Crippen LogP contribution in [-0.4, -0.2) is 47.5 Å². The van der Waals surface area contributed by atoms with E-state index in [0.29, 0.717) is 12.8 Å². The number of carboxylic acids is 1. The average Bonchev–Trinajstić information content (AvgIpc) is 3.39. The van der Waals surface area contributed by atoms with Crippen molar-refractivity contribution in [2.45, 2.75) is 51.0 Å². The summed E-state index contributed by atoms with van der Waals surface area (Å²) in [6.45, 7) is 3.39. The van der Waals surface area contributed by atoms with Crippen LogP contribution in [0.5, 0.6) is 0 Å². The third-order valence-electron chi connectivity index (χ3n) is 3.98. The van der Waals surface area contributed by atoms with E-state index in [-0.39, 0.29) is 13.2 Å². The van der Waals surface area contributed by atoms with Crippen LogP contribution >= 0.6 is 0 Å². The minimum atomic E-state index is -1.36. The first-order valence-corrected chi connectivity index (χ1v) is 8.43. The predicted octanol–water partition coefficient (Wildman–Crippen LogP) is 1.87. The number of esters is 1. The van der Waals surface area contributed by atoms with Crippen molar-refractivity contribution < 1.29 is 33.7 Å². The standard InChI is InChI=1S/C18H23NO7/c1-3-24-16(22)18(9-10-18)26-12(2)14(15(20)21)19-17(23)25-11-13-7-5-4-6-8-13/h4-8,12,14H,3,9-11H2,1-2H3,(H,19,23)(H,20,21)/t12-,14+/m1/s1. The van der Waals surface area contributed by atoms with Gasteiger partial charge in [-0.3, -0.25) is 0 Å². The van der Waals surface area contributed by atoms with Gasteiger partial charge >= 0.3 is 18.0 Å². The Balaban J connectivity index is 1.90. The van der Waals surface area contributed by atoms with E-state index in [4.69, 9.17) is 14.2 Å². The monoisotopic (exact) mass is 365 g/mol. The Kier molecular flexibility index (Phi) is 6.57. The van der Waals surface area contributed by atoms with E-state index < -0.39 is 35.8 Å². The van der Waals surface area contributed by atoms with Crippen LogP contribution in [0.25, 0.3) is 0 Å². The van der Waals surface area contributed by atoms with Gasteiger partial charge in [0, 0.05) is 0 Å². The zero-order valence-electron chi connectivity index (χ0n) is 14.8. The molecule has 0 aliphatic heterocycles. The summed E-state index contributed by atoms with van der Waals surface area (Å²) in [6.07, 6.45) is -0.900. The second-order valence-electron chi connectivity index (χ2n) is 6.06. The van der Waals surface area contributed by atoms with Crippen LogP contribution in [0, 0.1) is 0 Å². The normalized spacial score (nSPS) is 16.8. The van der Waals surface area contributed by atoms with Crippen molar-refractivity contribution in [2.24, 2.45) is 0 Å². The van der Waals surface area contributed by atoms with Gasteiger partial charge in [-0.2, -0.15) is 0 Å². The van der Waals surface area contributed by atoms with Crippen molar-refractivity contribution in [1.29, 1.82) is 0 Å². The van der Waals surface area contributed by atoms with Crippen molar-refractivity contribution in [1.82, 2.24) is 5.32 Å². The number of rotatable bonds is 9. The van der Waals surface area contributed by atoms with Gasteiger partial charge in [0.15, 0.2) is 11.6 Å². The zero-order valence-corrected chi connectivity index (χ0v) is 14.8. The highest BCUT2D eigenvalue weighted by atomic mass is 16.6. The number of hydrogen-bond acceptors (Lipinski definition) is 6. The molecule has 0 heterocycles. The Hall–Kier alpha value is -2.61. The van der Waals surface area contributed by atoms with Crippen molar-refractivity contribution >= 4 is 18.0 Å². The molecule has 8 heteroatoms. The lowest BCUT2D eigenvalue weighted by molar-refractivity contribution is -0.168. The summed E-state index contributed by atoms with van der Waals surface area (Å²) in [5, 5.41) is 11.6. The molecule has 8 nitrogen and oxygen atoms in total. The molecule has 1 aliphatic carbocycles. The van der Waals surface area contributed by atoms with Gasteiger partial charge in [0.2, 0.25) is 0 Å². The summed E-state index contributed by atoms with van der Waals surface area (Å²) in [4.78, 5) is 35.3. The summed E-state index contributed by atoms with van der Waals surface area (Å²) in [5.41, 5.74) is -0.336. The highest BCUT2D eigenvalue weighted by Gasteiger charge is 2.55. The van der Waals surface area contributed by atoms with Gasteiger partial charge in [0.05, 0.1) is 12.7 Å². The summed E-state index contributed by atoms with van der Waals surface area (Å²) < 4.78 is 15.6. The summed E-state index contributed by atoms with van der Waals surface area (Å²) in [7, 11) is 0. The highest BCUT2D eigenvalue weighted by molar-refractivity contribution is 5.83. The molecule has 2 atom stereocenters. The first kappa shape index (κ1) is 19.7. The summed E-state index contributed by atoms with van der Waals surface area (Å²) >= 11 is 0. The number of carbonyl (C=O) groups is 3. The van der Waals surface area contributed by atoms with Gasteiger partial charge in [0.25, 0.3) is 0 Å². The number of amides is 1. The van der Waals surface area contributed by atoms with Crippen LogP contribution < -0.4 is 5.32 Å². The van der Waals surface area contributed by atoms with Gasteiger partial charge in [-0.15, -0.1) is 0 Å². The molecule has 0 aromatic heterocycles. The molecule has 0 unspecified atom stereocenters. The molecule has 2 rings (SSSR count). The molecule has 2 N–H and O–H groups in total. The number of alkyl carbamates (subject to hydrolysis) is 1. The quantitative estimate of drug-likeness (QED) is 0.643. The van der Waals surface area contributed by atoms with Crippen LogP contribution in [0.2, 0.25) is 0 Å². The lowest BCUT2D eigenvalue weighted by Gasteiger charge is -2.25. The van der Waals surface area contributed by atoms with E-state index in [1.807, 2.05) is 6.07 Å². The van der Waals surface area contributed by atoms with Crippen molar-refractivity contribution in [2.75, 3.05) is 6.61 Å². The minimum Gasteiger partial charge on any atom is -0.480 e. The van der Waals surface area contributed by atoms with Crippen LogP contribution in [-0.2, 0) is 30.4 Å². The third-order valence-corrected chi connectivity index (χ3v) is 3.98. The Morgan fingerprint density at radius 1 is 1.19 bits per heavy atom. The summed E-state index contributed by atoms with van der Waals surface area (Å²) in [6, 6.07) is 7.65. The maximum absolute atomic E-state index is 11.9. The zero-order chi connectivity index (χ0) is 19.2. The number of aliphatic carboxylic acids is 1. The smallest absolute Gasteiger partial charge is 0.408 e. The topological polar surface area (TPSA) is 111 Å². The average molecular weight is 365 g/mol. The van der Waals surface area contributed by atoms with Crippen LogP contribution in [0.15, 0.2) is 30.3 Å². The molecule has 0 saturated heterocycles. The number of benzene rings is 1. The lowest BCUT2D eigenvalue weighted by atomic mass is 10.1. The molecule has 1 aromatic rings. The second-order valence-corrected chi connectivity index (χ2v) is 6.06. The Morgan fingerprint density at radius 3 is 2.38 bits per heavy atom. The van der Waals surface area contributed by atoms with Crippen molar-refractivity contribution in [3.63, 3.8) is 0 Å². The molecule has 0 spiro atoms. The molecule has 1 saturated carbocycles. The Labute approximate surface area is 151 Å². The fourth-order valence-corrected chi connectivity index (χ4v) is 2.44. The second kappa shape index (κ2) is 8.66. The number of carboxylic acid groups (broad SMARTS) is 1. The van der Waals surface area contributed by atoms with E-state index in [1.165, 1.54) is 6.92 Å². The molecule has 1 aliphatic rings. The molecule has 26 heavy (non-hydrogen) atoms. The molecule has 0 bridgehead atoms. The third kappa shape index (κ3) is 5.19. The Morgan fingerprint density at radius 2 is 1.85 bits per heavy atom. The van der Waals surface area contributed by atoms with Crippen LogP contribution in [0.1, 0.15) is 32.3 Å². The first-order chi connectivity index (χ1) is 12.4. The molecule has 1 fully saturated rings. The van der Waals surface area contributed by atoms with Crippen LogP contribution in [0.4, 0.5) is 4.79 Å². The van der Waals surface area contributed by atoms with Gasteiger partial charge in [-0.25, -0.2) is 14.4 Å². The maximum atomic E-state index is 11.9. The van der Waals surface area contributed by atoms with E-state index >= 15 is 0 Å². The SMILES string of the molecule is CCOC(=O)C1(O[C@H](C)[C@H](NC(=O)OCc2ccccc2)C(=O)O)CC1. The number of hydrogen-bond donors (Lipinski definition) is 2. The van der Waals surface area contributed by atoms with E-state index in [2.05, 4.69) is 5.32 Å². The van der Waals surface area contributed by atoms with Gasteiger partial charge in [0.1, 0.15) is 6.61 Å². The molecule has 0 radical (unpaired) electrons. The van der Waals surface area contributed by atoms with Gasteiger partial charge in [-0.05, 0) is 32.3 Å².